The van der Waals surface area contributed by atoms with Crippen molar-refractivity contribution in [2.75, 3.05) is 5.32 Å². The molecule has 126 valence electrons. The van der Waals surface area contributed by atoms with Crippen LogP contribution >= 0.6 is 0 Å². The minimum atomic E-state index is -1.00. The molecule has 1 aliphatic rings. The third-order valence-electron chi connectivity index (χ3n) is 4.84. The van der Waals surface area contributed by atoms with Crippen molar-refractivity contribution < 1.29 is 14.7 Å². The third kappa shape index (κ3) is 2.89. The van der Waals surface area contributed by atoms with Gasteiger partial charge in [-0.15, -0.1) is 0 Å². The number of aromatic nitrogens is 1. The number of hydrogen-bond donors (Lipinski definition) is 3. The van der Waals surface area contributed by atoms with Gasteiger partial charge in [0, 0.05) is 28.2 Å². The summed E-state index contributed by atoms with van der Waals surface area (Å²) in [5, 5.41) is 13.1. The molecule has 1 amide bonds. The Hall–Kier alpha value is -3.08. The Kier molecular flexibility index (Phi) is 3.76. The topological polar surface area (TPSA) is 82.2 Å². The lowest BCUT2D eigenvalue weighted by Gasteiger charge is -2.22. The summed E-state index contributed by atoms with van der Waals surface area (Å²) in [7, 11) is 0. The van der Waals surface area contributed by atoms with E-state index in [1.165, 1.54) is 28.8 Å². The molecular weight excluding hydrogens is 316 g/mol. The molecule has 1 atom stereocenters. The molecule has 5 heteroatoms. The first-order valence-corrected chi connectivity index (χ1v) is 8.34. The molecule has 25 heavy (non-hydrogen) atoms. The molecule has 3 aromatic rings. The average Bonchev–Trinajstić information content (AvgIpc) is 2.99. The predicted molar refractivity (Wildman–Crippen MR) is 95.8 cm³/mol. The fourth-order valence-electron chi connectivity index (χ4n) is 3.57. The number of anilines is 1. The standard InChI is InChI=1S/C20H18N2O3/c23-19(21-14-5-3-4-13(10-14)20(24)25)12-8-9-18-16(11-12)15-6-1-2-7-17(15)22-18/h1-7,10,12,22H,8-9,11H2,(H,21,23)(H,24,25). The Labute approximate surface area is 144 Å². The van der Waals surface area contributed by atoms with Gasteiger partial charge in [-0.1, -0.05) is 24.3 Å². The van der Waals surface area contributed by atoms with Crippen LogP contribution in [-0.4, -0.2) is 22.0 Å². The summed E-state index contributed by atoms with van der Waals surface area (Å²) in [5.41, 5.74) is 4.25. The van der Waals surface area contributed by atoms with E-state index in [-0.39, 0.29) is 17.4 Å². The molecule has 0 aliphatic heterocycles. The number of H-pyrrole nitrogens is 1. The molecule has 3 N–H and O–H groups in total. The minimum absolute atomic E-state index is 0.0570. The van der Waals surface area contributed by atoms with Crippen molar-refractivity contribution in [2.24, 2.45) is 5.92 Å². The van der Waals surface area contributed by atoms with Gasteiger partial charge >= 0.3 is 5.97 Å². The number of aromatic amines is 1. The van der Waals surface area contributed by atoms with Crippen molar-refractivity contribution >= 4 is 28.5 Å². The quantitative estimate of drug-likeness (QED) is 0.684. The van der Waals surface area contributed by atoms with Gasteiger partial charge in [-0.05, 0) is 49.1 Å². The minimum Gasteiger partial charge on any atom is -0.478 e. The number of nitrogens with one attached hydrogen (secondary N) is 2. The van der Waals surface area contributed by atoms with E-state index in [0.29, 0.717) is 12.1 Å². The molecule has 0 fully saturated rings. The summed E-state index contributed by atoms with van der Waals surface area (Å²) in [6.07, 6.45) is 2.32. The third-order valence-corrected chi connectivity index (χ3v) is 4.84. The molecule has 0 radical (unpaired) electrons. The first-order chi connectivity index (χ1) is 12.1. The molecule has 0 bridgehead atoms. The Bertz CT molecular complexity index is 974. The second kappa shape index (κ2) is 6.09. The number of carboxylic acid groups (broad SMARTS) is 1. The van der Waals surface area contributed by atoms with Gasteiger partial charge < -0.3 is 15.4 Å². The van der Waals surface area contributed by atoms with Crippen LogP contribution in [0, 0.1) is 5.92 Å². The summed E-state index contributed by atoms with van der Waals surface area (Å²) >= 11 is 0. The first-order valence-electron chi connectivity index (χ1n) is 8.34. The molecule has 2 aromatic carbocycles. The number of para-hydroxylation sites is 1. The number of hydrogen-bond acceptors (Lipinski definition) is 2. The molecule has 5 nitrogen and oxygen atoms in total. The summed E-state index contributed by atoms with van der Waals surface area (Å²) in [6, 6.07) is 14.5. The molecule has 0 saturated heterocycles. The summed E-state index contributed by atoms with van der Waals surface area (Å²) in [6.45, 7) is 0. The van der Waals surface area contributed by atoms with E-state index in [1.54, 1.807) is 12.1 Å². The van der Waals surface area contributed by atoms with Crippen LogP contribution in [0.25, 0.3) is 10.9 Å². The highest BCUT2D eigenvalue weighted by molar-refractivity contribution is 5.96. The Morgan fingerprint density at radius 1 is 1.12 bits per heavy atom. The number of benzene rings is 2. The number of aryl methyl sites for hydroxylation is 1. The van der Waals surface area contributed by atoms with Gasteiger partial charge in [0.25, 0.3) is 0 Å². The van der Waals surface area contributed by atoms with Crippen molar-refractivity contribution in [1.29, 1.82) is 0 Å². The highest BCUT2D eigenvalue weighted by Gasteiger charge is 2.27. The SMILES string of the molecule is O=C(O)c1cccc(NC(=O)C2CCc3[nH]c4ccccc4c3C2)c1. The van der Waals surface area contributed by atoms with E-state index in [1.807, 2.05) is 12.1 Å². The lowest BCUT2D eigenvalue weighted by Crippen LogP contribution is -2.28. The Balaban J connectivity index is 1.54. The highest BCUT2D eigenvalue weighted by atomic mass is 16.4. The molecule has 1 aromatic heterocycles. The van der Waals surface area contributed by atoms with Crippen LogP contribution in [0.2, 0.25) is 0 Å². The lowest BCUT2D eigenvalue weighted by molar-refractivity contribution is -0.120. The Morgan fingerprint density at radius 3 is 2.80 bits per heavy atom. The molecule has 1 unspecified atom stereocenters. The van der Waals surface area contributed by atoms with E-state index in [9.17, 15) is 9.59 Å². The number of aromatic carboxylic acids is 1. The number of carbonyl (C=O) groups excluding carboxylic acids is 1. The van der Waals surface area contributed by atoms with Crippen LogP contribution < -0.4 is 5.32 Å². The van der Waals surface area contributed by atoms with Crippen LogP contribution in [0.3, 0.4) is 0 Å². The zero-order valence-electron chi connectivity index (χ0n) is 13.6. The summed E-state index contributed by atoms with van der Waals surface area (Å²) in [5.74, 6) is -1.17. The van der Waals surface area contributed by atoms with Crippen LogP contribution in [-0.2, 0) is 17.6 Å². The van der Waals surface area contributed by atoms with Gasteiger partial charge in [-0.2, -0.15) is 0 Å². The molecule has 4 rings (SSSR count). The van der Waals surface area contributed by atoms with Crippen LogP contribution in [0.1, 0.15) is 28.0 Å². The maximum Gasteiger partial charge on any atom is 0.335 e. The largest absolute Gasteiger partial charge is 0.478 e. The smallest absolute Gasteiger partial charge is 0.335 e. The lowest BCUT2D eigenvalue weighted by atomic mass is 9.86. The van der Waals surface area contributed by atoms with E-state index in [2.05, 4.69) is 22.4 Å². The monoisotopic (exact) mass is 334 g/mol. The molecule has 1 heterocycles. The number of rotatable bonds is 3. The number of carboxylic acids is 1. The van der Waals surface area contributed by atoms with E-state index in [0.717, 1.165) is 18.4 Å². The van der Waals surface area contributed by atoms with Gasteiger partial charge in [0.15, 0.2) is 0 Å². The zero-order chi connectivity index (χ0) is 17.4. The maximum absolute atomic E-state index is 12.6. The molecule has 0 spiro atoms. The van der Waals surface area contributed by atoms with Gasteiger partial charge in [0.05, 0.1) is 5.56 Å². The molecule has 1 aliphatic carbocycles. The van der Waals surface area contributed by atoms with Gasteiger partial charge in [0.2, 0.25) is 5.91 Å². The van der Waals surface area contributed by atoms with Crippen molar-refractivity contribution in [3.05, 3.63) is 65.4 Å². The van der Waals surface area contributed by atoms with Crippen molar-refractivity contribution in [3.63, 3.8) is 0 Å². The van der Waals surface area contributed by atoms with Crippen LogP contribution in [0.4, 0.5) is 5.69 Å². The number of carbonyl (C=O) groups is 2. The fraction of sp³-hybridized carbons (Fsp3) is 0.200. The maximum atomic E-state index is 12.6. The van der Waals surface area contributed by atoms with E-state index >= 15 is 0 Å². The predicted octanol–water partition coefficient (Wildman–Crippen LogP) is 3.61. The van der Waals surface area contributed by atoms with E-state index in [4.69, 9.17) is 5.11 Å². The van der Waals surface area contributed by atoms with Crippen LogP contribution in [0.5, 0.6) is 0 Å². The highest BCUT2D eigenvalue weighted by Crippen LogP contribution is 2.32. The molecule has 0 saturated carbocycles. The van der Waals surface area contributed by atoms with E-state index < -0.39 is 5.97 Å². The van der Waals surface area contributed by atoms with Gasteiger partial charge in [-0.25, -0.2) is 4.79 Å². The molecular formula is C20H18N2O3. The van der Waals surface area contributed by atoms with Gasteiger partial charge in [0.1, 0.15) is 0 Å². The second-order valence-electron chi connectivity index (χ2n) is 6.44. The number of fused-ring (bicyclic) bond motifs is 3. The zero-order valence-corrected chi connectivity index (χ0v) is 13.6. The van der Waals surface area contributed by atoms with Crippen molar-refractivity contribution in [1.82, 2.24) is 4.98 Å². The number of amides is 1. The average molecular weight is 334 g/mol. The first kappa shape index (κ1) is 15.4. The van der Waals surface area contributed by atoms with Crippen molar-refractivity contribution in [2.45, 2.75) is 19.3 Å². The van der Waals surface area contributed by atoms with Crippen molar-refractivity contribution in [3.8, 4) is 0 Å². The van der Waals surface area contributed by atoms with Crippen LogP contribution in [0.15, 0.2) is 48.5 Å². The second-order valence-corrected chi connectivity index (χ2v) is 6.44. The normalized spacial score (nSPS) is 16.4. The van der Waals surface area contributed by atoms with Gasteiger partial charge in [-0.3, -0.25) is 4.79 Å². The summed E-state index contributed by atoms with van der Waals surface area (Å²) in [4.78, 5) is 27.2. The Morgan fingerprint density at radius 2 is 1.96 bits per heavy atom. The summed E-state index contributed by atoms with van der Waals surface area (Å²) < 4.78 is 0. The fourth-order valence-corrected chi connectivity index (χ4v) is 3.57.